The maximum atomic E-state index is 7.00. The largest absolute Gasteiger partial charge is 0.496 e. The van der Waals surface area contributed by atoms with Crippen LogP contribution in [0.2, 0.25) is 0 Å². The quantitative estimate of drug-likeness (QED) is 0.379. The normalized spacial score (nSPS) is 14.5. The molecule has 190 valence electrons. The van der Waals surface area contributed by atoms with E-state index in [-0.39, 0.29) is 0 Å². The number of benzene rings is 1. The van der Waals surface area contributed by atoms with E-state index >= 15 is 0 Å². The van der Waals surface area contributed by atoms with Crippen LogP contribution in [0.4, 0.5) is 0 Å². The average molecular weight is 470 g/mol. The van der Waals surface area contributed by atoms with Crippen molar-refractivity contribution in [2.45, 2.75) is 79.7 Å². The number of aromatic nitrogens is 2. The lowest BCUT2D eigenvalue weighted by Crippen LogP contribution is -2.16. The number of ether oxygens (including phenoxy) is 1. The Kier molecular flexibility index (Phi) is 14.2. The average Bonchev–Trinajstić information content (AvgIpc) is 3.48. The van der Waals surface area contributed by atoms with Crippen LogP contribution < -0.4 is 10.1 Å². The molecule has 3 aromatic rings. The summed E-state index contributed by atoms with van der Waals surface area (Å²) in [5.74, 6) is 1.84. The van der Waals surface area contributed by atoms with Gasteiger partial charge in [0.05, 0.1) is 24.5 Å². The molecule has 1 saturated heterocycles. The van der Waals surface area contributed by atoms with Crippen molar-refractivity contribution in [1.82, 2.24) is 15.3 Å². The number of aromatic amines is 1. The van der Waals surface area contributed by atoms with Crippen LogP contribution in [0.15, 0.2) is 36.5 Å². The number of rotatable bonds is 5. The molecule has 3 N–H and O–H groups in total. The molecule has 4 rings (SSSR count). The van der Waals surface area contributed by atoms with Crippen molar-refractivity contribution in [3.63, 3.8) is 0 Å². The summed E-state index contributed by atoms with van der Waals surface area (Å²) in [6.07, 6.45) is 8.08. The summed E-state index contributed by atoms with van der Waals surface area (Å²) in [6, 6.07) is 11.4. The lowest BCUT2D eigenvalue weighted by atomic mass is 10.0. The Bertz CT molecular complexity index is 944. The van der Waals surface area contributed by atoms with Crippen molar-refractivity contribution in [3.8, 4) is 17.0 Å². The van der Waals surface area contributed by atoms with E-state index in [1.54, 1.807) is 7.11 Å². The fraction of sp³-hybridized carbons (Fsp3) is 0.552. The molecule has 0 radical (unpaired) electrons. The van der Waals surface area contributed by atoms with E-state index in [4.69, 9.17) is 9.84 Å². The van der Waals surface area contributed by atoms with Gasteiger partial charge in [0, 0.05) is 29.8 Å². The zero-order chi connectivity index (χ0) is 25.5. The zero-order valence-electron chi connectivity index (χ0n) is 22.7. The highest BCUT2D eigenvalue weighted by molar-refractivity contribution is 5.83. The van der Waals surface area contributed by atoms with E-state index in [0.29, 0.717) is 0 Å². The number of aliphatic hydroxyl groups is 1. The Morgan fingerprint density at radius 2 is 1.85 bits per heavy atom. The van der Waals surface area contributed by atoms with Crippen molar-refractivity contribution < 1.29 is 9.84 Å². The number of fused-ring (bicyclic) bond motifs is 1. The number of methoxy groups -OCH3 is 1. The predicted molar refractivity (Wildman–Crippen MR) is 147 cm³/mol. The molecule has 3 heterocycles. The van der Waals surface area contributed by atoms with Crippen LogP contribution in [0.1, 0.15) is 71.6 Å². The predicted octanol–water partition coefficient (Wildman–Crippen LogP) is 6.92. The molecule has 34 heavy (non-hydrogen) atoms. The second-order valence-corrected chi connectivity index (χ2v) is 9.19. The molecule has 1 atom stereocenters. The lowest BCUT2D eigenvalue weighted by molar-refractivity contribution is 0.399. The van der Waals surface area contributed by atoms with Gasteiger partial charge in [-0.2, -0.15) is 0 Å². The Morgan fingerprint density at radius 3 is 2.35 bits per heavy atom. The van der Waals surface area contributed by atoms with Crippen LogP contribution in [0, 0.1) is 12.8 Å². The van der Waals surface area contributed by atoms with Gasteiger partial charge in [0.25, 0.3) is 0 Å². The van der Waals surface area contributed by atoms with Crippen molar-refractivity contribution >= 4 is 10.9 Å². The van der Waals surface area contributed by atoms with Crippen molar-refractivity contribution in [3.05, 3.63) is 47.8 Å². The minimum Gasteiger partial charge on any atom is -0.496 e. The van der Waals surface area contributed by atoms with Gasteiger partial charge in [-0.1, -0.05) is 40.5 Å². The number of H-pyrrole nitrogens is 1. The van der Waals surface area contributed by atoms with Gasteiger partial charge in [-0.25, -0.2) is 0 Å². The molecular weight excluding hydrogens is 422 g/mol. The van der Waals surface area contributed by atoms with E-state index in [9.17, 15) is 0 Å². The van der Waals surface area contributed by atoms with E-state index in [1.165, 1.54) is 36.8 Å². The number of nitrogens with zero attached hydrogens (tertiary/aromatic N) is 1. The fourth-order valence-corrected chi connectivity index (χ4v) is 3.60. The number of hydrogen-bond donors (Lipinski definition) is 3. The van der Waals surface area contributed by atoms with Gasteiger partial charge in [-0.05, 0) is 81.5 Å². The SMILES string of the molecule is CC1CCCN1.CCC(C)C.CCCc1cc(-c2cc3cc(C)[nH]c3cn2)ccc1OC.CO. The topological polar surface area (TPSA) is 70.2 Å². The highest BCUT2D eigenvalue weighted by Crippen LogP contribution is 2.28. The summed E-state index contributed by atoms with van der Waals surface area (Å²) < 4.78 is 5.44. The Balaban J connectivity index is 0.000000366. The first-order valence-electron chi connectivity index (χ1n) is 12.7. The first-order valence-corrected chi connectivity index (χ1v) is 12.7. The second kappa shape index (κ2) is 16.3. The third-order valence-corrected chi connectivity index (χ3v) is 5.86. The molecule has 1 aliphatic heterocycles. The molecule has 5 nitrogen and oxygen atoms in total. The molecule has 0 amide bonds. The van der Waals surface area contributed by atoms with Crippen LogP contribution in [0.3, 0.4) is 0 Å². The van der Waals surface area contributed by atoms with Crippen molar-refractivity contribution in [1.29, 1.82) is 0 Å². The minimum atomic E-state index is 0.796. The molecule has 1 aromatic carbocycles. The van der Waals surface area contributed by atoms with E-state index in [1.807, 2.05) is 12.3 Å². The zero-order valence-corrected chi connectivity index (χ0v) is 22.7. The van der Waals surface area contributed by atoms with Gasteiger partial charge >= 0.3 is 0 Å². The van der Waals surface area contributed by atoms with Gasteiger partial charge in [-0.15, -0.1) is 0 Å². The Hall–Kier alpha value is -2.37. The monoisotopic (exact) mass is 469 g/mol. The van der Waals surface area contributed by atoms with Crippen LogP contribution in [-0.4, -0.2) is 41.9 Å². The van der Waals surface area contributed by atoms with Crippen LogP contribution in [0.5, 0.6) is 5.75 Å². The first-order chi connectivity index (χ1) is 16.4. The molecular formula is C29H47N3O2. The number of hydrogen-bond acceptors (Lipinski definition) is 4. The summed E-state index contributed by atoms with van der Waals surface area (Å²) in [6.45, 7) is 14.4. The highest BCUT2D eigenvalue weighted by Gasteiger charge is 2.08. The minimum absolute atomic E-state index is 0.796. The van der Waals surface area contributed by atoms with Crippen LogP contribution >= 0.6 is 0 Å². The van der Waals surface area contributed by atoms with Gasteiger partial charge in [0.15, 0.2) is 0 Å². The van der Waals surface area contributed by atoms with E-state index < -0.39 is 0 Å². The van der Waals surface area contributed by atoms with E-state index in [2.05, 4.69) is 81.1 Å². The molecule has 0 spiro atoms. The number of aryl methyl sites for hydroxylation is 2. The van der Waals surface area contributed by atoms with Crippen molar-refractivity contribution in [2.24, 2.45) is 5.92 Å². The first kappa shape index (κ1) is 29.7. The van der Waals surface area contributed by atoms with Gasteiger partial charge in [0.1, 0.15) is 5.75 Å². The number of nitrogens with one attached hydrogen (secondary N) is 2. The summed E-state index contributed by atoms with van der Waals surface area (Å²) in [5, 5.41) is 11.5. The molecule has 1 aliphatic rings. The summed E-state index contributed by atoms with van der Waals surface area (Å²) in [5.41, 5.74) is 5.62. The molecule has 1 unspecified atom stereocenters. The molecule has 0 aliphatic carbocycles. The maximum Gasteiger partial charge on any atom is 0.122 e. The highest BCUT2D eigenvalue weighted by atomic mass is 16.5. The summed E-state index contributed by atoms with van der Waals surface area (Å²) >= 11 is 0. The second-order valence-electron chi connectivity index (χ2n) is 9.19. The van der Waals surface area contributed by atoms with Gasteiger partial charge in [0.2, 0.25) is 0 Å². The summed E-state index contributed by atoms with van der Waals surface area (Å²) in [7, 11) is 2.72. The molecule has 0 bridgehead atoms. The fourth-order valence-electron chi connectivity index (χ4n) is 3.60. The van der Waals surface area contributed by atoms with Gasteiger partial charge < -0.3 is 20.1 Å². The molecule has 1 fully saturated rings. The molecule has 0 saturated carbocycles. The van der Waals surface area contributed by atoms with Crippen LogP contribution in [-0.2, 0) is 6.42 Å². The van der Waals surface area contributed by atoms with Gasteiger partial charge in [-0.3, -0.25) is 4.98 Å². The van der Waals surface area contributed by atoms with Crippen molar-refractivity contribution in [2.75, 3.05) is 20.8 Å². The lowest BCUT2D eigenvalue weighted by Gasteiger charge is -2.10. The Labute approximate surface area is 207 Å². The van der Waals surface area contributed by atoms with E-state index in [0.717, 1.165) is 60.1 Å². The third kappa shape index (κ3) is 9.86. The Morgan fingerprint density at radius 1 is 1.15 bits per heavy atom. The molecule has 5 heteroatoms. The molecule has 2 aromatic heterocycles. The smallest absolute Gasteiger partial charge is 0.122 e. The standard InChI is InChI=1S/C18H20N2O.C5H11N.C5H12.CH4O/c1-4-5-14-9-13(6-7-18(14)21-3)16-10-15-8-12(2)20-17(15)11-19-16;1-5-3-2-4-6-5;1-4-5(2)3;1-2/h6-11,20H,4-5H2,1-3H3;5-6H,2-4H2,1H3;5H,4H2,1-3H3;2H,1H3. The number of aliphatic hydroxyl groups excluding tert-OH is 1. The summed E-state index contributed by atoms with van der Waals surface area (Å²) in [4.78, 5) is 7.88. The maximum absolute atomic E-state index is 7.00. The van der Waals surface area contributed by atoms with Crippen LogP contribution in [0.25, 0.3) is 22.2 Å². The third-order valence-electron chi connectivity index (χ3n) is 5.86. The number of pyridine rings is 1.